The van der Waals surface area contributed by atoms with Gasteiger partial charge in [-0.1, -0.05) is 19.9 Å². The molecule has 0 spiro atoms. The van der Waals surface area contributed by atoms with Gasteiger partial charge in [0.25, 0.3) is 0 Å². The third kappa shape index (κ3) is 2.11. The van der Waals surface area contributed by atoms with Crippen LogP contribution in [-0.2, 0) is 4.74 Å². The summed E-state index contributed by atoms with van der Waals surface area (Å²) in [7, 11) is 0. The van der Waals surface area contributed by atoms with Crippen molar-refractivity contribution in [3.05, 3.63) is 11.8 Å². The molecular formula is C12H21NO. The van der Waals surface area contributed by atoms with Crippen molar-refractivity contribution < 1.29 is 4.74 Å². The first-order valence-corrected chi connectivity index (χ1v) is 5.82. The molecule has 1 aliphatic heterocycles. The molecule has 0 N–H and O–H groups in total. The van der Waals surface area contributed by atoms with Crippen LogP contribution in [0.4, 0.5) is 0 Å². The summed E-state index contributed by atoms with van der Waals surface area (Å²) >= 11 is 0. The minimum atomic E-state index is 0.754. The molecule has 1 heterocycles. The second-order valence-corrected chi connectivity index (χ2v) is 4.65. The zero-order valence-corrected chi connectivity index (χ0v) is 9.33. The molecule has 2 unspecified atom stereocenters. The molecule has 2 atom stereocenters. The van der Waals surface area contributed by atoms with Crippen molar-refractivity contribution in [3.63, 3.8) is 0 Å². The normalized spacial score (nSPS) is 34.1. The Hall–Kier alpha value is -0.500. The first-order chi connectivity index (χ1) is 6.77. The largest absolute Gasteiger partial charge is 0.378 e. The van der Waals surface area contributed by atoms with E-state index in [4.69, 9.17) is 4.74 Å². The molecule has 14 heavy (non-hydrogen) atoms. The van der Waals surface area contributed by atoms with Gasteiger partial charge in [-0.15, -0.1) is 0 Å². The van der Waals surface area contributed by atoms with Crippen molar-refractivity contribution in [2.24, 2.45) is 11.8 Å². The van der Waals surface area contributed by atoms with Crippen LogP contribution in [0.2, 0.25) is 0 Å². The number of allylic oxidation sites excluding steroid dienone is 2. The number of hydrogen-bond acceptors (Lipinski definition) is 2. The van der Waals surface area contributed by atoms with Gasteiger partial charge in [0, 0.05) is 18.8 Å². The monoisotopic (exact) mass is 195 g/mol. The van der Waals surface area contributed by atoms with Gasteiger partial charge in [-0.25, -0.2) is 0 Å². The number of rotatable bonds is 1. The van der Waals surface area contributed by atoms with Crippen LogP contribution in [0, 0.1) is 11.8 Å². The first kappa shape index (κ1) is 10.0. The van der Waals surface area contributed by atoms with E-state index in [0.717, 1.165) is 38.1 Å². The Morgan fingerprint density at radius 1 is 1.21 bits per heavy atom. The molecule has 2 rings (SSSR count). The van der Waals surface area contributed by atoms with Gasteiger partial charge in [0.15, 0.2) is 0 Å². The molecule has 1 aliphatic carbocycles. The van der Waals surface area contributed by atoms with Gasteiger partial charge >= 0.3 is 0 Å². The zero-order chi connectivity index (χ0) is 9.97. The Balaban J connectivity index is 2.05. The summed E-state index contributed by atoms with van der Waals surface area (Å²) in [6, 6.07) is 0. The predicted molar refractivity (Wildman–Crippen MR) is 58.0 cm³/mol. The number of morpholine rings is 1. The topological polar surface area (TPSA) is 12.5 Å². The number of ether oxygens (including phenoxy) is 1. The minimum absolute atomic E-state index is 0.754. The maximum Gasteiger partial charge on any atom is 0.0642 e. The van der Waals surface area contributed by atoms with Crippen LogP contribution in [0.15, 0.2) is 11.8 Å². The average molecular weight is 195 g/mol. The van der Waals surface area contributed by atoms with E-state index < -0.39 is 0 Å². The quantitative estimate of drug-likeness (QED) is 0.636. The van der Waals surface area contributed by atoms with Gasteiger partial charge in [0.05, 0.1) is 13.2 Å². The third-order valence-electron chi connectivity index (χ3n) is 3.39. The molecule has 0 amide bonds. The predicted octanol–water partition coefficient (Wildman–Crippen LogP) is 2.27. The Morgan fingerprint density at radius 3 is 2.64 bits per heavy atom. The fourth-order valence-electron chi connectivity index (χ4n) is 2.44. The molecule has 0 saturated carbocycles. The summed E-state index contributed by atoms with van der Waals surface area (Å²) in [6.45, 7) is 8.65. The summed E-state index contributed by atoms with van der Waals surface area (Å²) in [4.78, 5) is 2.52. The molecule has 2 aliphatic rings. The lowest BCUT2D eigenvalue weighted by molar-refractivity contribution is 0.0471. The lowest BCUT2D eigenvalue weighted by Gasteiger charge is -2.37. The fourth-order valence-corrected chi connectivity index (χ4v) is 2.44. The van der Waals surface area contributed by atoms with E-state index in [2.05, 4.69) is 24.8 Å². The lowest BCUT2D eigenvalue weighted by atomic mass is 9.87. The Kier molecular flexibility index (Phi) is 3.12. The second-order valence-electron chi connectivity index (χ2n) is 4.65. The molecule has 0 bridgehead atoms. The Bertz CT molecular complexity index is 218. The summed E-state index contributed by atoms with van der Waals surface area (Å²) in [6.07, 6.45) is 5.18. The van der Waals surface area contributed by atoms with Crippen LogP contribution in [0.25, 0.3) is 0 Å². The number of nitrogens with zero attached hydrogens (tertiary/aromatic N) is 1. The Labute approximate surface area is 86.9 Å². The molecule has 0 aromatic carbocycles. The summed E-state index contributed by atoms with van der Waals surface area (Å²) in [5.74, 6) is 1.52. The van der Waals surface area contributed by atoms with Gasteiger partial charge in [0.1, 0.15) is 0 Å². The van der Waals surface area contributed by atoms with Crippen molar-refractivity contribution >= 4 is 0 Å². The smallest absolute Gasteiger partial charge is 0.0642 e. The van der Waals surface area contributed by atoms with Gasteiger partial charge < -0.3 is 9.64 Å². The molecule has 1 saturated heterocycles. The van der Waals surface area contributed by atoms with E-state index in [-0.39, 0.29) is 0 Å². The maximum atomic E-state index is 5.38. The molecule has 2 nitrogen and oxygen atoms in total. The molecule has 0 aromatic rings. The first-order valence-electron chi connectivity index (χ1n) is 5.82. The molecule has 0 aromatic heterocycles. The SMILES string of the molecule is CC1C=C(N2CCOCC2)C(C)CC1. The highest BCUT2D eigenvalue weighted by atomic mass is 16.5. The maximum absolute atomic E-state index is 5.38. The van der Waals surface area contributed by atoms with Crippen molar-refractivity contribution in [1.29, 1.82) is 0 Å². The zero-order valence-electron chi connectivity index (χ0n) is 9.33. The van der Waals surface area contributed by atoms with Gasteiger partial charge in [0.2, 0.25) is 0 Å². The highest BCUT2D eigenvalue weighted by Crippen LogP contribution is 2.30. The van der Waals surface area contributed by atoms with Gasteiger partial charge in [-0.3, -0.25) is 0 Å². The van der Waals surface area contributed by atoms with Crippen molar-refractivity contribution in [3.8, 4) is 0 Å². The average Bonchev–Trinajstić information content (AvgIpc) is 2.23. The van der Waals surface area contributed by atoms with Crippen LogP contribution in [0.3, 0.4) is 0 Å². The number of hydrogen-bond donors (Lipinski definition) is 0. The van der Waals surface area contributed by atoms with Gasteiger partial charge in [-0.2, -0.15) is 0 Å². The fraction of sp³-hybridized carbons (Fsp3) is 0.833. The molecule has 0 radical (unpaired) electrons. The van der Waals surface area contributed by atoms with Crippen molar-refractivity contribution in [1.82, 2.24) is 4.90 Å². The van der Waals surface area contributed by atoms with E-state index in [0.29, 0.717) is 0 Å². The lowest BCUT2D eigenvalue weighted by Crippen LogP contribution is -2.38. The summed E-state index contributed by atoms with van der Waals surface area (Å²) in [5, 5.41) is 0. The van der Waals surface area contributed by atoms with Gasteiger partial charge in [-0.05, 0) is 24.7 Å². The van der Waals surface area contributed by atoms with E-state index in [1.807, 2.05) is 0 Å². The van der Waals surface area contributed by atoms with Crippen LogP contribution in [0.1, 0.15) is 26.7 Å². The van der Waals surface area contributed by atoms with Crippen LogP contribution in [-0.4, -0.2) is 31.2 Å². The highest BCUT2D eigenvalue weighted by molar-refractivity contribution is 5.10. The molecule has 1 fully saturated rings. The van der Waals surface area contributed by atoms with E-state index in [9.17, 15) is 0 Å². The van der Waals surface area contributed by atoms with Crippen LogP contribution < -0.4 is 0 Å². The summed E-state index contributed by atoms with van der Waals surface area (Å²) in [5.41, 5.74) is 1.58. The standard InChI is InChI=1S/C12H21NO/c1-10-3-4-11(2)12(9-10)13-5-7-14-8-6-13/h9-11H,3-8H2,1-2H3. The van der Waals surface area contributed by atoms with Crippen molar-refractivity contribution in [2.75, 3.05) is 26.3 Å². The van der Waals surface area contributed by atoms with E-state index in [1.165, 1.54) is 12.8 Å². The summed E-state index contributed by atoms with van der Waals surface area (Å²) < 4.78 is 5.38. The second kappa shape index (κ2) is 4.35. The van der Waals surface area contributed by atoms with Crippen LogP contribution in [0.5, 0.6) is 0 Å². The van der Waals surface area contributed by atoms with E-state index in [1.54, 1.807) is 5.70 Å². The molecule has 2 heteroatoms. The van der Waals surface area contributed by atoms with E-state index >= 15 is 0 Å². The third-order valence-corrected chi connectivity index (χ3v) is 3.39. The minimum Gasteiger partial charge on any atom is -0.378 e. The molecule has 80 valence electrons. The highest BCUT2D eigenvalue weighted by Gasteiger charge is 2.22. The van der Waals surface area contributed by atoms with Crippen molar-refractivity contribution in [2.45, 2.75) is 26.7 Å². The van der Waals surface area contributed by atoms with Crippen LogP contribution >= 0.6 is 0 Å². The Morgan fingerprint density at radius 2 is 1.93 bits per heavy atom. The molecular weight excluding hydrogens is 174 g/mol.